The van der Waals surface area contributed by atoms with E-state index < -0.39 is 5.97 Å². The van der Waals surface area contributed by atoms with Gasteiger partial charge in [0.05, 0.1) is 13.5 Å². The molecule has 0 spiro atoms. The molecule has 20 heavy (non-hydrogen) atoms. The van der Waals surface area contributed by atoms with Gasteiger partial charge in [0.1, 0.15) is 5.75 Å². The van der Waals surface area contributed by atoms with Crippen LogP contribution in [0, 0.1) is 0 Å². The van der Waals surface area contributed by atoms with Crippen LogP contribution in [0.15, 0.2) is 48.5 Å². The summed E-state index contributed by atoms with van der Waals surface area (Å²) < 4.78 is 5.09. The highest BCUT2D eigenvalue weighted by Crippen LogP contribution is 2.19. The molecule has 0 aromatic heterocycles. The minimum atomic E-state index is -0.962. The predicted molar refractivity (Wildman–Crippen MR) is 74.2 cm³/mol. The first kappa shape index (κ1) is 13.8. The third-order valence-electron chi connectivity index (χ3n) is 2.94. The Kier molecular flexibility index (Phi) is 4.15. The van der Waals surface area contributed by atoms with Gasteiger partial charge in [-0.15, -0.1) is 0 Å². The van der Waals surface area contributed by atoms with Crippen molar-refractivity contribution >= 4 is 11.8 Å². The Hall–Kier alpha value is -2.62. The van der Waals surface area contributed by atoms with Crippen molar-refractivity contribution in [1.29, 1.82) is 0 Å². The fourth-order valence-electron chi connectivity index (χ4n) is 1.98. The van der Waals surface area contributed by atoms with Crippen molar-refractivity contribution in [2.24, 2.45) is 0 Å². The van der Waals surface area contributed by atoms with Gasteiger partial charge in [0, 0.05) is 11.1 Å². The highest BCUT2D eigenvalue weighted by molar-refractivity contribution is 6.10. The lowest BCUT2D eigenvalue weighted by Crippen LogP contribution is -2.09. The molecule has 0 aliphatic heterocycles. The van der Waals surface area contributed by atoms with E-state index in [0.29, 0.717) is 22.4 Å². The van der Waals surface area contributed by atoms with Gasteiger partial charge in [-0.1, -0.05) is 36.4 Å². The second kappa shape index (κ2) is 6.02. The fraction of sp³-hybridized carbons (Fsp3) is 0.125. The number of methoxy groups -OCH3 is 1. The summed E-state index contributed by atoms with van der Waals surface area (Å²) in [4.78, 5) is 23.3. The smallest absolute Gasteiger partial charge is 0.307 e. The van der Waals surface area contributed by atoms with Crippen molar-refractivity contribution in [3.05, 3.63) is 65.2 Å². The van der Waals surface area contributed by atoms with E-state index in [4.69, 9.17) is 9.84 Å². The van der Waals surface area contributed by atoms with E-state index in [1.54, 1.807) is 48.5 Å². The third-order valence-corrected chi connectivity index (χ3v) is 2.94. The lowest BCUT2D eigenvalue weighted by molar-refractivity contribution is -0.136. The van der Waals surface area contributed by atoms with Crippen LogP contribution in [0.1, 0.15) is 21.5 Å². The second-order valence-electron chi connectivity index (χ2n) is 4.29. The maximum absolute atomic E-state index is 12.5. The number of benzene rings is 2. The van der Waals surface area contributed by atoms with Crippen LogP contribution in [0.4, 0.5) is 0 Å². The van der Waals surface area contributed by atoms with Crippen LogP contribution in [0.3, 0.4) is 0 Å². The Bertz CT molecular complexity index is 646. The molecule has 0 heterocycles. The number of carbonyl (C=O) groups excluding carboxylic acids is 1. The predicted octanol–water partition coefficient (Wildman–Crippen LogP) is 2.55. The van der Waals surface area contributed by atoms with Crippen molar-refractivity contribution in [1.82, 2.24) is 0 Å². The molecule has 0 radical (unpaired) electrons. The average molecular weight is 270 g/mol. The molecule has 0 saturated carbocycles. The summed E-state index contributed by atoms with van der Waals surface area (Å²) in [7, 11) is 1.53. The van der Waals surface area contributed by atoms with Gasteiger partial charge < -0.3 is 9.84 Å². The number of carboxylic acids is 1. The topological polar surface area (TPSA) is 63.6 Å². The van der Waals surface area contributed by atoms with Crippen LogP contribution < -0.4 is 4.74 Å². The van der Waals surface area contributed by atoms with E-state index >= 15 is 0 Å². The number of hydrogen-bond donors (Lipinski definition) is 1. The Labute approximate surface area is 116 Å². The first-order chi connectivity index (χ1) is 9.61. The normalized spacial score (nSPS) is 10.1. The van der Waals surface area contributed by atoms with Crippen molar-refractivity contribution in [3.8, 4) is 5.75 Å². The summed E-state index contributed by atoms with van der Waals surface area (Å²) in [5.41, 5.74) is 1.39. The minimum absolute atomic E-state index is 0.175. The van der Waals surface area contributed by atoms with Crippen molar-refractivity contribution in [3.63, 3.8) is 0 Å². The maximum atomic E-state index is 12.5. The number of rotatable bonds is 5. The van der Waals surface area contributed by atoms with Gasteiger partial charge in [-0.2, -0.15) is 0 Å². The number of carboxylic acid groups (broad SMARTS) is 1. The lowest BCUT2D eigenvalue weighted by atomic mass is 9.96. The standard InChI is InChI=1S/C16H14O4/c1-20-13-7-4-6-12(9-13)16(19)14-8-3-2-5-11(14)10-15(17)18/h2-9H,10H2,1H3,(H,17,18). The summed E-state index contributed by atoms with van der Waals surface area (Å²) in [6.45, 7) is 0. The molecule has 2 aromatic rings. The van der Waals surface area contributed by atoms with Gasteiger partial charge in [-0.05, 0) is 17.7 Å². The molecule has 1 N–H and O–H groups in total. The zero-order valence-corrected chi connectivity index (χ0v) is 11.0. The van der Waals surface area contributed by atoms with Crippen LogP contribution >= 0.6 is 0 Å². The van der Waals surface area contributed by atoms with E-state index in [-0.39, 0.29) is 12.2 Å². The highest BCUT2D eigenvalue weighted by Gasteiger charge is 2.15. The van der Waals surface area contributed by atoms with E-state index in [9.17, 15) is 9.59 Å². The lowest BCUT2D eigenvalue weighted by Gasteiger charge is -2.08. The number of carbonyl (C=O) groups is 2. The Morgan fingerprint density at radius 1 is 1.10 bits per heavy atom. The number of hydrogen-bond acceptors (Lipinski definition) is 3. The third kappa shape index (κ3) is 3.03. The molecular weight excluding hydrogens is 256 g/mol. The summed E-state index contributed by atoms with van der Waals surface area (Å²) in [6.07, 6.45) is -0.175. The van der Waals surface area contributed by atoms with Crippen LogP contribution in [0.5, 0.6) is 5.75 Å². The average Bonchev–Trinajstić information content (AvgIpc) is 2.46. The Balaban J connectivity index is 2.40. The number of aliphatic carboxylic acids is 1. The van der Waals surface area contributed by atoms with E-state index in [0.717, 1.165) is 0 Å². The van der Waals surface area contributed by atoms with Gasteiger partial charge in [0.2, 0.25) is 0 Å². The maximum Gasteiger partial charge on any atom is 0.307 e. The van der Waals surface area contributed by atoms with Gasteiger partial charge in [-0.3, -0.25) is 9.59 Å². The van der Waals surface area contributed by atoms with Crippen LogP contribution in [-0.2, 0) is 11.2 Å². The molecule has 0 amide bonds. The molecule has 0 bridgehead atoms. The largest absolute Gasteiger partial charge is 0.497 e. The molecule has 2 rings (SSSR count). The minimum Gasteiger partial charge on any atom is -0.497 e. The molecule has 4 heteroatoms. The van der Waals surface area contributed by atoms with Gasteiger partial charge in [0.25, 0.3) is 0 Å². The molecule has 102 valence electrons. The summed E-state index contributed by atoms with van der Waals surface area (Å²) in [6, 6.07) is 13.5. The Morgan fingerprint density at radius 3 is 2.55 bits per heavy atom. The van der Waals surface area contributed by atoms with Crippen LogP contribution in [0.2, 0.25) is 0 Å². The van der Waals surface area contributed by atoms with E-state index in [1.807, 2.05) is 0 Å². The SMILES string of the molecule is COc1cccc(C(=O)c2ccccc2CC(=O)O)c1. The molecule has 4 nitrogen and oxygen atoms in total. The molecule has 0 aliphatic rings. The first-order valence-electron chi connectivity index (χ1n) is 6.10. The van der Waals surface area contributed by atoms with Gasteiger partial charge in [0.15, 0.2) is 5.78 Å². The van der Waals surface area contributed by atoms with Crippen molar-refractivity contribution < 1.29 is 19.4 Å². The zero-order chi connectivity index (χ0) is 14.5. The summed E-state index contributed by atoms with van der Waals surface area (Å²) in [5, 5.41) is 8.89. The fourth-order valence-corrected chi connectivity index (χ4v) is 1.98. The summed E-state index contributed by atoms with van der Waals surface area (Å²) >= 11 is 0. The molecule has 0 unspecified atom stereocenters. The summed E-state index contributed by atoms with van der Waals surface area (Å²) in [5.74, 6) is -0.580. The molecule has 0 saturated heterocycles. The van der Waals surface area contributed by atoms with Crippen molar-refractivity contribution in [2.45, 2.75) is 6.42 Å². The highest BCUT2D eigenvalue weighted by atomic mass is 16.5. The monoisotopic (exact) mass is 270 g/mol. The zero-order valence-electron chi connectivity index (χ0n) is 11.0. The van der Waals surface area contributed by atoms with E-state index in [2.05, 4.69) is 0 Å². The number of ketones is 1. The second-order valence-corrected chi connectivity index (χ2v) is 4.29. The van der Waals surface area contributed by atoms with Crippen LogP contribution in [-0.4, -0.2) is 24.0 Å². The van der Waals surface area contributed by atoms with Gasteiger partial charge >= 0.3 is 5.97 Å². The molecule has 0 atom stereocenters. The number of ether oxygens (including phenoxy) is 1. The van der Waals surface area contributed by atoms with Crippen molar-refractivity contribution in [2.75, 3.05) is 7.11 Å². The molecule has 0 aliphatic carbocycles. The molecule has 0 fully saturated rings. The quantitative estimate of drug-likeness (QED) is 0.848. The van der Waals surface area contributed by atoms with Crippen LogP contribution in [0.25, 0.3) is 0 Å². The van der Waals surface area contributed by atoms with Gasteiger partial charge in [-0.25, -0.2) is 0 Å². The van der Waals surface area contributed by atoms with E-state index in [1.165, 1.54) is 7.11 Å². The molecular formula is C16H14O4. The Morgan fingerprint density at radius 2 is 1.85 bits per heavy atom. The first-order valence-corrected chi connectivity index (χ1v) is 6.10. The molecule has 2 aromatic carbocycles.